The van der Waals surface area contributed by atoms with Crippen molar-refractivity contribution >= 4 is 34.7 Å². The zero-order valence-corrected chi connectivity index (χ0v) is 15.1. The molecule has 26 heavy (non-hydrogen) atoms. The maximum atomic E-state index is 12.1. The molecule has 0 aliphatic carbocycles. The number of anilines is 1. The molecule has 0 bridgehead atoms. The molecule has 1 amide bonds. The van der Waals surface area contributed by atoms with E-state index in [1.165, 1.54) is 18.3 Å². The van der Waals surface area contributed by atoms with E-state index in [0.717, 1.165) is 5.69 Å². The number of esters is 1. The molecule has 0 unspecified atom stereocenters. The fraction of sp³-hybridized carbons (Fsp3) is 0.278. The summed E-state index contributed by atoms with van der Waals surface area (Å²) in [5.41, 5.74) is 2.04. The Labute approximate surface area is 154 Å². The van der Waals surface area contributed by atoms with Crippen LogP contribution in [0.4, 0.5) is 5.69 Å². The molecule has 2 rings (SSSR count). The summed E-state index contributed by atoms with van der Waals surface area (Å²) in [5.74, 6) is -2.29. The number of carbonyl (C=O) groups excluding carboxylic acids is 3. The van der Waals surface area contributed by atoms with Crippen molar-refractivity contribution in [3.05, 3.63) is 45.9 Å². The van der Waals surface area contributed by atoms with Gasteiger partial charge in [-0.2, -0.15) is 5.26 Å². The summed E-state index contributed by atoms with van der Waals surface area (Å²) in [6, 6.07) is 8.61. The summed E-state index contributed by atoms with van der Waals surface area (Å²) in [5, 5.41) is 14.0. The molecule has 1 heterocycles. The van der Waals surface area contributed by atoms with E-state index in [9.17, 15) is 19.6 Å². The molecule has 1 aromatic carbocycles. The third kappa shape index (κ3) is 5.50. The third-order valence-electron chi connectivity index (χ3n) is 3.33. The van der Waals surface area contributed by atoms with E-state index < -0.39 is 24.3 Å². The van der Waals surface area contributed by atoms with Crippen LogP contribution < -0.4 is 5.32 Å². The number of ether oxygens (including phenoxy) is 1. The minimum absolute atomic E-state index is 0.0127. The van der Waals surface area contributed by atoms with Gasteiger partial charge in [0.25, 0.3) is 0 Å². The highest BCUT2D eigenvalue weighted by Crippen LogP contribution is 2.20. The van der Waals surface area contributed by atoms with Crippen LogP contribution in [0.15, 0.2) is 29.6 Å². The average Bonchev–Trinajstić information content (AvgIpc) is 3.01. The Hall–Kier alpha value is -3.05. The minimum atomic E-state index is -1.03. The van der Waals surface area contributed by atoms with Crippen molar-refractivity contribution in [2.24, 2.45) is 0 Å². The van der Waals surface area contributed by atoms with Crippen molar-refractivity contribution in [1.82, 2.24) is 4.98 Å². The summed E-state index contributed by atoms with van der Waals surface area (Å²) in [7, 11) is 0. The predicted molar refractivity (Wildman–Crippen MR) is 95.6 cm³/mol. The van der Waals surface area contributed by atoms with Gasteiger partial charge in [0.05, 0.1) is 12.5 Å². The Morgan fingerprint density at radius 3 is 2.54 bits per heavy atom. The van der Waals surface area contributed by atoms with Gasteiger partial charge in [0.15, 0.2) is 18.3 Å². The van der Waals surface area contributed by atoms with Crippen molar-refractivity contribution in [3.8, 4) is 6.07 Å². The molecule has 1 N–H and O–H groups in total. The molecule has 1 aromatic heterocycles. The number of nitrogens with one attached hydrogen (secondary N) is 1. The van der Waals surface area contributed by atoms with Crippen molar-refractivity contribution < 1.29 is 19.1 Å². The topological polar surface area (TPSA) is 109 Å². The van der Waals surface area contributed by atoms with Crippen LogP contribution in [0.3, 0.4) is 0 Å². The number of benzene rings is 1. The number of Topliss-reactive ketones (excluding diaryl/α,β-unsaturated/α-hetero) is 1. The molecule has 0 radical (unpaired) electrons. The fourth-order valence-electron chi connectivity index (χ4n) is 2.13. The second-order valence-electron chi connectivity index (χ2n) is 5.57. The summed E-state index contributed by atoms with van der Waals surface area (Å²) < 4.78 is 4.98. The summed E-state index contributed by atoms with van der Waals surface area (Å²) in [4.78, 5) is 39.1. The Balaban J connectivity index is 1.87. The molecule has 0 fully saturated rings. The lowest BCUT2D eigenvalue weighted by Crippen LogP contribution is -2.20. The van der Waals surface area contributed by atoms with Gasteiger partial charge in [-0.3, -0.25) is 14.4 Å². The van der Waals surface area contributed by atoms with Gasteiger partial charge in [-0.05, 0) is 24.6 Å². The van der Waals surface area contributed by atoms with E-state index in [1.54, 1.807) is 36.6 Å². The van der Waals surface area contributed by atoms with E-state index in [4.69, 9.17) is 4.74 Å². The summed E-state index contributed by atoms with van der Waals surface area (Å²) in [6.45, 7) is 2.71. The molecule has 0 aliphatic heterocycles. The zero-order chi connectivity index (χ0) is 19.1. The lowest BCUT2D eigenvalue weighted by Gasteiger charge is -2.07. The van der Waals surface area contributed by atoms with Crippen LogP contribution in [-0.4, -0.2) is 29.3 Å². The number of carbonyl (C=O) groups is 3. The van der Waals surface area contributed by atoms with Gasteiger partial charge in [0.2, 0.25) is 5.91 Å². The molecule has 0 saturated heterocycles. The molecule has 2 aromatic rings. The normalized spacial score (nSPS) is 11.3. The van der Waals surface area contributed by atoms with Gasteiger partial charge in [0, 0.05) is 23.7 Å². The Bertz CT molecular complexity index is 852. The maximum absolute atomic E-state index is 12.1. The number of nitrogens with zero attached hydrogens (tertiary/aromatic N) is 2. The van der Waals surface area contributed by atoms with E-state index in [2.05, 4.69) is 10.3 Å². The maximum Gasteiger partial charge on any atom is 0.310 e. The second-order valence-corrected chi connectivity index (χ2v) is 6.46. The number of ketones is 1. The Morgan fingerprint density at radius 1 is 1.31 bits per heavy atom. The number of hydrogen-bond acceptors (Lipinski definition) is 7. The van der Waals surface area contributed by atoms with Crippen LogP contribution >= 0.6 is 11.3 Å². The highest BCUT2D eigenvalue weighted by molar-refractivity contribution is 7.09. The monoisotopic (exact) mass is 371 g/mol. The second kappa shape index (κ2) is 8.87. The van der Waals surface area contributed by atoms with Crippen molar-refractivity contribution in [2.45, 2.75) is 26.2 Å². The Kier molecular flexibility index (Phi) is 6.58. The molecule has 1 atom stereocenters. The number of thiazole rings is 1. The van der Waals surface area contributed by atoms with E-state index in [1.807, 2.05) is 6.07 Å². The van der Waals surface area contributed by atoms with Gasteiger partial charge in [-0.15, -0.1) is 11.3 Å². The van der Waals surface area contributed by atoms with Crippen molar-refractivity contribution in [2.75, 3.05) is 11.9 Å². The highest BCUT2D eigenvalue weighted by atomic mass is 32.1. The van der Waals surface area contributed by atoms with Crippen LogP contribution in [-0.2, 0) is 25.5 Å². The molecule has 8 heteroatoms. The standard InChI is InChI=1S/C18H17N3O4S/c1-11-10-26-18(20-11)15(8-19)16(23)9-25-17(24)7-13-3-5-14(6-4-13)21-12(2)22/h3-6,10,15H,7,9H2,1-2H3,(H,21,22)/t15-/m0/s1. The molecule has 0 aliphatic rings. The highest BCUT2D eigenvalue weighted by Gasteiger charge is 2.24. The molecule has 0 spiro atoms. The minimum Gasteiger partial charge on any atom is -0.457 e. The van der Waals surface area contributed by atoms with Gasteiger partial charge >= 0.3 is 5.97 Å². The lowest BCUT2D eigenvalue weighted by atomic mass is 10.1. The van der Waals surface area contributed by atoms with E-state index >= 15 is 0 Å². The van der Waals surface area contributed by atoms with Crippen molar-refractivity contribution in [3.63, 3.8) is 0 Å². The van der Waals surface area contributed by atoms with Gasteiger partial charge in [-0.25, -0.2) is 4.98 Å². The van der Waals surface area contributed by atoms with Gasteiger partial charge in [-0.1, -0.05) is 12.1 Å². The van der Waals surface area contributed by atoms with E-state index in [-0.39, 0.29) is 12.3 Å². The SMILES string of the molecule is CC(=O)Nc1ccc(CC(=O)OCC(=O)[C@H](C#N)c2nc(C)cs2)cc1. The van der Waals surface area contributed by atoms with Gasteiger partial charge in [0.1, 0.15) is 5.01 Å². The molecule has 7 nitrogen and oxygen atoms in total. The lowest BCUT2D eigenvalue weighted by molar-refractivity contribution is -0.147. The summed E-state index contributed by atoms with van der Waals surface area (Å²) in [6.07, 6.45) is -0.0127. The van der Waals surface area contributed by atoms with Crippen LogP contribution in [0.1, 0.15) is 29.1 Å². The number of hydrogen-bond donors (Lipinski definition) is 1. The number of amides is 1. The largest absolute Gasteiger partial charge is 0.457 e. The molecule has 0 saturated carbocycles. The van der Waals surface area contributed by atoms with E-state index in [0.29, 0.717) is 16.3 Å². The third-order valence-corrected chi connectivity index (χ3v) is 4.36. The first kappa shape index (κ1) is 19.3. The zero-order valence-electron chi connectivity index (χ0n) is 14.3. The smallest absolute Gasteiger partial charge is 0.310 e. The molecular formula is C18H17N3O4S. The van der Waals surface area contributed by atoms with Crippen LogP contribution in [0.5, 0.6) is 0 Å². The molecular weight excluding hydrogens is 354 g/mol. The van der Waals surface area contributed by atoms with Crippen molar-refractivity contribution in [1.29, 1.82) is 5.26 Å². The number of aryl methyl sites for hydroxylation is 1. The summed E-state index contributed by atoms with van der Waals surface area (Å²) >= 11 is 1.23. The predicted octanol–water partition coefficient (Wildman–Crippen LogP) is 2.37. The first-order valence-electron chi connectivity index (χ1n) is 7.75. The molecule has 134 valence electrons. The number of aromatic nitrogens is 1. The average molecular weight is 371 g/mol. The first-order valence-corrected chi connectivity index (χ1v) is 8.63. The fourth-order valence-corrected chi connectivity index (χ4v) is 2.99. The van der Waals surface area contributed by atoms with Crippen LogP contribution in [0, 0.1) is 18.3 Å². The Morgan fingerprint density at radius 2 is 2.00 bits per heavy atom. The number of rotatable bonds is 7. The first-order chi connectivity index (χ1) is 12.4. The quantitative estimate of drug-likeness (QED) is 0.748. The van der Waals surface area contributed by atoms with Crippen LogP contribution in [0.2, 0.25) is 0 Å². The number of nitriles is 1. The van der Waals surface area contributed by atoms with Gasteiger partial charge < -0.3 is 10.1 Å². The van der Waals surface area contributed by atoms with Crippen LogP contribution in [0.25, 0.3) is 0 Å².